The van der Waals surface area contributed by atoms with Crippen LogP contribution in [-0.2, 0) is 6.42 Å². The van der Waals surface area contributed by atoms with Gasteiger partial charge in [0.25, 0.3) is 0 Å². The van der Waals surface area contributed by atoms with Gasteiger partial charge in [-0.2, -0.15) is 0 Å². The summed E-state index contributed by atoms with van der Waals surface area (Å²) in [6.45, 7) is 2.01. The van der Waals surface area contributed by atoms with Crippen LogP contribution < -0.4 is 4.90 Å². The Bertz CT molecular complexity index is 273. The van der Waals surface area contributed by atoms with Gasteiger partial charge in [0, 0.05) is 26.6 Å². The van der Waals surface area contributed by atoms with Gasteiger partial charge in [-0.25, -0.2) is 9.97 Å². The highest BCUT2D eigenvalue weighted by molar-refractivity contribution is 6.29. The molecule has 0 unspecified atom stereocenters. The molecule has 0 atom stereocenters. The summed E-state index contributed by atoms with van der Waals surface area (Å²) in [4.78, 5) is 10.3. The Morgan fingerprint density at radius 1 is 1.42 bits per heavy atom. The molecule has 12 heavy (non-hydrogen) atoms. The molecule has 0 saturated carbocycles. The highest BCUT2D eigenvalue weighted by Gasteiger charge is 2.02. The van der Waals surface area contributed by atoms with Gasteiger partial charge in [0.2, 0.25) is 0 Å². The summed E-state index contributed by atoms with van der Waals surface area (Å²) in [5, 5.41) is 0.505. The minimum atomic E-state index is 0.505. The normalized spacial score (nSPS) is 10.0. The second-order valence-corrected chi connectivity index (χ2v) is 3.10. The van der Waals surface area contributed by atoms with Crippen molar-refractivity contribution in [1.82, 2.24) is 9.97 Å². The van der Waals surface area contributed by atoms with Gasteiger partial charge in [-0.05, 0) is 0 Å². The van der Waals surface area contributed by atoms with Crippen LogP contribution in [0, 0.1) is 0 Å². The van der Waals surface area contributed by atoms with E-state index in [2.05, 4.69) is 9.97 Å². The molecule has 1 aromatic heterocycles. The Kier molecular flexibility index (Phi) is 2.87. The van der Waals surface area contributed by atoms with Gasteiger partial charge < -0.3 is 4.90 Å². The van der Waals surface area contributed by atoms with Gasteiger partial charge in [-0.15, -0.1) is 0 Å². The average molecular weight is 186 g/mol. The van der Waals surface area contributed by atoms with Crippen LogP contribution in [0.4, 0.5) is 5.82 Å². The smallest absolute Gasteiger partial charge is 0.134 e. The Morgan fingerprint density at radius 2 is 2.08 bits per heavy atom. The van der Waals surface area contributed by atoms with E-state index < -0.39 is 0 Å². The molecule has 1 aromatic rings. The lowest BCUT2D eigenvalue weighted by Crippen LogP contribution is -2.12. The highest BCUT2D eigenvalue weighted by atomic mass is 35.5. The van der Waals surface area contributed by atoms with Crippen LogP contribution in [-0.4, -0.2) is 24.1 Å². The quantitative estimate of drug-likeness (QED) is 0.658. The largest absolute Gasteiger partial charge is 0.363 e. The summed E-state index contributed by atoms with van der Waals surface area (Å²) < 4.78 is 0. The third-order valence-corrected chi connectivity index (χ3v) is 1.70. The first-order chi connectivity index (χ1) is 5.63. The standard InChI is InChI=1S/C8H12ClN3/c1-4-7-10-6(9)5-8(11-7)12(2)3/h5H,4H2,1-3H3. The van der Waals surface area contributed by atoms with E-state index in [1.165, 1.54) is 0 Å². The van der Waals surface area contributed by atoms with E-state index in [1.54, 1.807) is 6.07 Å². The van der Waals surface area contributed by atoms with Gasteiger partial charge in [0.1, 0.15) is 16.8 Å². The number of aromatic nitrogens is 2. The van der Waals surface area contributed by atoms with Crippen LogP contribution >= 0.6 is 11.6 Å². The second-order valence-electron chi connectivity index (χ2n) is 2.71. The molecule has 0 spiro atoms. The molecule has 1 heterocycles. The van der Waals surface area contributed by atoms with Crippen LogP contribution in [0.15, 0.2) is 6.07 Å². The topological polar surface area (TPSA) is 29.0 Å². The molecular weight excluding hydrogens is 174 g/mol. The van der Waals surface area contributed by atoms with Crippen molar-refractivity contribution >= 4 is 17.4 Å². The zero-order chi connectivity index (χ0) is 9.14. The van der Waals surface area contributed by atoms with Gasteiger partial charge >= 0.3 is 0 Å². The van der Waals surface area contributed by atoms with Gasteiger partial charge in [-0.1, -0.05) is 18.5 Å². The molecule has 0 saturated heterocycles. The van der Waals surface area contributed by atoms with Crippen molar-refractivity contribution in [3.8, 4) is 0 Å². The first kappa shape index (κ1) is 9.26. The first-order valence-corrected chi connectivity index (χ1v) is 4.22. The molecule has 0 aliphatic carbocycles. The van der Waals surface area contributed by atoms with E-state index in [9.17, 15) is 0 Å². The van der Waals surface area contributed by atoms with Gasteiger partial charge in [-0.3, -0.25) is 0 Å². The summed E-state index contributed by atoms with van der Waals surface area (Å²) in [6, 6.07) is 1.75. The Labute approximate surface area is 77.4 Å². The van der Waals surface area contributed by atoms with E-state index in [0.29, 0.717) is 5.15 Å². The van der Waals surface area contributed by atoms with Crippen LogP contribution in [0.2, 0.25) is 5.15 Å². The molecule has 0 aliphatic rings. The summed E-state index contributed by atoms with van der Waals surface area (Å²) in [5.74, 6) is 1.64. The Morgan fingerprint density at radius 3 is 2.58 bits per heavy atom. The zero-order valence-electron chi connectivity index (χ0n) is 7.50. The fraction of sp³-hybridized carbons (Fsp3) is 0.500. The molecule has 0 N–H and O–H groups in total. The van der Waals surface area contributed by atoms with Crippen molar-refractivity contribution in [2.24, 2.45) is 0 Å². The molecule has 66 valence electrons. The number of rotatable bonds is 2. The van der Waals surface area contributed by atoms with Gasteiger partial charge in [0.05, 0.1) is 0 Å². The predicted molar refractivity (Wildman–Crippen MR) is 50.7 cm³/mol. The number of anilines is 1. The fourth-order valence-corrected chi connectivity index (χ4v) is 1.03. The third kappa shape index (κ3) is 2.08. The Hall–Kier alpha value is -0.830. The van der Waals surface area contributed by atoms with Gasteiger partial charge in [0.15, 0.2) is 0 Å². The van der Waals surface area contributed by atoms with Crippen molar-refractivity contribution < 1.29 is 0 Å². The molecule has 3 nitrogen and oxygen atoms in total. The first-order valence-electron chi connectivity index (χ1n) is 3.84. The average Bonchev–Trinajstić information content (AvgIpc) is 2.03. The number of hydrogen-bond donors (Lipinski definition) is 0. The summed E-state index contributed by atoms with van der Waals surface area (Å²) >= 11 is 5.80. The molecule has 0 aliphatic heterocycles. The van der Waals surface area contributed by atoms with Crippen molar-refractivity contribution in [2.45, 2.75) is 13.3 Å². The lowest BCUT2D eigenvalue weighted by Gasteiger charge is -2.11. The molecular formula is C8H12ClN3. The van der Waals surface area contributed by atoms with Crippen molar-refractivity contribution in [3.63, 3.8) is 0 Å². The maximum atomic E-state index is 5.80. The monoisotopic (exact) mass is 185 g/mol. The van der Waals surface area contributed by atoms with Crippen LogP contribution in [0.25, 0.3) is 0 Å². The number of aryl methyl sites for hydroxylation is 1. The molecule has 0 radical (unpaired) electrons. The Balaban J connectivity index is 3.06. The zero-order valence-corrected chi connectivity index (χ0v) is 8.26. The minimum Gasteiger partial charge on any atom is -0.363 e. The van der Waals surface area contributed by atoms with Crippen LogP contribution in [0.3, 0.4) is 0 Å². The molecule has 0 aromatic carbocycles. The predicted octanol–water partition coefficient (Wildman–Crippen LogP) is 1.76. The van der Waals surface area contributed by atoms with E-state index >= 15 is 0 Å². The molecule has 0 fully saturated rings. The number of hydrogen-bond acceptors (Lipinski definition) is 3. The van der Waals surface area contributed by atoms with Crippen LogP contribution in [0.5, 0.6) is 0 Å². The lowest BCUT2D eigenvalue weighted by molar-refractivity contribution is 0.916. The van der Waals surface area contributed by atoms with E-state index in [0.717, 1.165) is 18.1 Å². The van der Waals surface area contributed by atoms with E-state index in [-0.39, 0.29) is 0 Å². The number of nitrogens with zero attached hydrogens (tertiary/aromatic N) is 3. The van der Waals surface area contributed by atoms with Crippen molar-refractivity contribution in [2.75, 3.05) is 19.0 Å². The fourth-order valence-electron chi connectivity index (χ4n) is 0.839. The maximum absolute atomic E-state index is 5.80. The second kappa shape index (κ2) is 3.72. The summed E-state index contributed by atoms with van der Waals surface area (Å²) in [7, 11) is 3.86. The van der Waals surface area contributed by atoms with Crippen molar-refractivity contribution in [1.29, 1.82) is 0 Å². The summed E-state index contributed by atoms with van der Waals surface area (Å²) in [6.07, 6.45) is 0.807. The minimum absolute atomic E-state index is 0.505. The lowest BCUT2D eigenvalue weighted by atomic mass is 10.4. The molecule has 0 bridgehead atoms. The van der Waals surface area contributed by atoms with Crippen molar-refractivity contribution in [3.05, 3.63) is 17.0 Å². The maximum Gasteiger partial charge on any atom is 0.134 e. The summed E-state index contributed by atoms with van der Waals surface area (Å²) in [5.41, 5.74) is 0. The third-order valence-electron chi connectivity index (χ3n) is 1.50. The molecule has 1 rings (SSSR count). The number of halogens is 1. The highest BCUT2D eigenvalue weighted by Crippen LogP contribution is 2.13. The molecule has 0 amide bonds. The van der Waals surface area contributed by atoms with E-state index in [4.69, 9.17) is 11.6 Å². The van der Waals surface area contributed by atoms with E-state index in [1.807, 2.05) is 25.9 Å². The molecule has 4 heteroatoms. The SMILES string of the molecule is CCc1nc(Cl)cc(N(C)C)n1. The van der Waals surface area contributed by atoms with Crippen LogP contribution in [0.1, 0.15) is 12.7 Å².